The van der Waals surface area contributed by atoms with E-state index in [1.807, 2.05) is 0 Å². The smallest absolute Gasteiger partial charge is 0.371 e. The second-order valence-corrected chi connectivity index (χ2v) is 4.84. The van der Waals surface area contributed by atoms with E-state index in [1.165, 1.54) is 18.9 Å². The maximum atomic E-state index is 10.6. The van der Waals surface area contributed by atoms with Crippen molar-refractivity contribution in [3.63, 3.8) is 0 Å². The Bertz CT molecular complexity index is 391. The maximum absolute atomic E-state index is 10.6. The largest absolute Gasteiger partial charge is 0.475 e. The van der Waals surface area contributed by atoms with Crippen LogP contribution in [0, 0.1) is 11.3 Å². The van der Waals surface area contributed by atoms with Crippen molar-refractivity contribution in [3.05, 3.63) is 17.9 Å². The van der Waals surface area contributed by atoms with Gasteiger partial charge in [-0.05, 0) is 30.2 Å². The lowest BCUT2D eigenvalue weighted by Crippen LogP contribution is -2.20. The molecule has 0 spiro atoms. The lowest BCUT2D eigenvalue weighted by Gasteiger charge is -2.19. The Balaban J connectivity index is 1.92. The first-order valence-electron chi connectivity index (χ1n) is 5.60. The Kier molecular flexibility index (Phi) is 2.66. The summed E-state index contributed by atoms with van der Waals surface area (Å²) in [6.45, 7) is 5.30. The van der Waals surface area contributed by atoms with Crippen LogP contribution in [0.1, 0.15) is 37.2 Å². The summed E-state index contributed by atoms with van der Waals surface area (Å²) in [5.41, 5.74) is 0.385. The second-order valence-electron chi connectivity index (χ2n) is 4.84. The summed E-state index contributed by atoms with van der Waals surface area (Å²) >= 11 is 0. The number of hydrogen-bond acceptors (Lipinski definition) is 3. The fourth-order valence-electron chi connectivity index (χ4n) is 1.93. The molecule has 1 aliphatic carbocycles. The van der Waals surface area contributed by atoms with E-state index in [0.29, 0.717) is 17.2 Å². The zero-order valence-corrected chi connectivity index (χ0v) is 9.62. The summed E-state index contributed by atoms with van der Waals surface area (Å²) in [6, 6.07) is 3.14. The van der Waals surface area contributed by atoms with E-state index >= 15 is 0 Å². The zero-order valence-electron chi connectivity index (χ0n) is 9.62. The molecule has 0 bridgehead atoms. The molecule has 0 atom stereocenters. The highest BCUT2D eigenvalue weighted by Gasteiger charge is 2.45. The van der Waals surface area contributed by atoms with Crippen molar-refractivity contribution in [1.82, 2.24) is 0 Å². The lowest BCUT2D eigenvalue weighted by atomic mass is 9.92. The van der Waals surface area contributed by atoms with Crippen molar-refractivity contribution in [1.29, 1.82) is 0 Å². The first-order chi connectivity index (χ1) is 7.53. The molecule has 1 aromatic rings. The third-order valence-electron chi connectivity index (χ3n) is 3.55. The van der Waals surface area contributed by atoms with E-state index in [1.54, 1.807) is 6.07 Å². The molecule has 0 unspecified atom stereocenters. The molecule has 4 nitrogen and oxygen atoms in total. The van der Waals surface area contributed by atoms with E-state index in [0.717, 1.165) is 6.54 Å². The van der Waals surface area contributed by atoms with Crippen LogP contribution in [-0.2, 0) is 0 Å². The predicted octanol–water partition coefficient (Wildman–Crippen LogP) is 2.83. The van der Waals surface area contributed by atoms with Gasteiger partial charge in [0.15, 0.2) is 5.88 Å². The van der Waals surface area contributed by atoms with Gasteiger partial charge in [-0.1, -0.05) is 13.8 Å². The number of carboxylic acids is 1. The average molecular weight is 223 g/mol. The molecule has 4 heteroatoms. The fourth-order valence-corrected chi connectivity index (χ4v) is 1.93. The van der Waals surface area contributed by atoms with Gasteiger partial charge < -0.3 is 14.8 Å². The molecule has 0 saturated heterocycles. The normalized spacial score (nSPS) is 17.4. The highest BCUT2D eigenvalue weighted by Crippen LogP contribution is 2.51. The van der Waals surface area contributed by atoms with Crippen LogP contribution in [0.25, 0.3) is 0 Å². The molecule has 1 aromatic heterocycles. The molecule has 1 aliphatic rings. The number of rotatable bonds is 5. The van der Waals surface area contributed by atoms with Gasteiger partial charge in [-0.25, -0.2) is 4.79 Å². The monoisotopic (exact) mass is 223 g/mol. The van der Waals surface area contributed by atoms with Crippen LogP contribution in [0.2, 0.25) is 0 Å². The molecule has 1 heterocycles. The molecular weight excluding hydrogens is 206 g/mol. The molecule has 88 valence electrons. The Labute approximate surface area is 94.6 Å². The topological polar surface area (TPSA) is 62.5 Å². The highest BCUT2D eigenvalue weighted by atomic mass is 16.4. The van der Waals surface area contributed by atoms with E-state index in [-0.39, 0.29) is 5.76 Å². The molecule has 16 heavy (non-hydrogen) atoms. The summed E-state index contributed by atoms with van der Waals surface area (Å²) in [5.74, 6) is 0.146. The molecule has 2 N–H and O–H groups in total. The van der Waals surface area contributed by atoms with E-state index in [9.17, 15) is 4.79 Å². The number of carboxylic acid groups (broad SMARTS) is 1. The SMILES string of the molecule is CC(C)C1(CNc2ccc(C(=O)O)o2)CC1. The van der Waals surface area contributed by atoms with Gasteiger partial charge in [-0.15, -0.1) is 0 Å². The maximum Gasteiger partial charge on any atom is 0.371 e. The lowest BCUT2D eigenvalue weighted by molar-refractivity contribution is 0.0663. The van der Waals surface area contributed by atoms with Crippen LogP contribution in [0.3, 0.4) is 0 Å². The van der Waals surface area contributed by atoms with Crippen LogP contribution in [0.4, 0.5) is 5.88 Å². The Morgan fingerprint density at radius 1 is 1.56 bits per heavy atom. The third-order valence-corrected chi connectivity index (χ3v) is 3.55. The molecule has 2 rings (SSSR count). The summed E-state index contributed by atoms with van der Waals surface area (Å²) in [7, 11) is 0. The Morgan fingerprint density at radius 2 is 2.25 bits per heavy atom. The van der Waals surface area contributed by atoms with Gasteiger partial charge >= 0.3 is 5.97 Å². The summed E-state index contributed by atoms with van der Waals surface area (Å²) < 4.78 is 5.14. The van der Waals surface area contributed by atoms with Crippen molar-refractivity contribution in [2.24, 2.45) is 11.3 Å². The van der Waals surface area contributed by atoms with Crippen LogP contribution in [0.5, 0.6) is 0 Å². The number of anilines is 1. The van der Waals surface area contributed by atoms with Gasteiger partial charge in [-0.3, -0.25) is 0 Å². The Morgan fingerprint density at radius 3 is 2.69 bits per heavy atom. The van der Waals surface area contributed by atoms with Crippen molar-refractivity contribution in [2.75, 3.05) is 11.9 Å². The molecule has 0 aliphatic heterocycles. The van der Waals surface area contributed by atoms with Crippen LogP contribution < -0.4 is 5.32 Å². The second kappa shape index (κ2) is 3.85. The van der Waals surface area contributed by atoms with Crippen molar-refractivity contribution in [3.8, 4) is 0 Å². The fraction of sp³-hybridized carbons (Fsp3) is 0.583. The molecule has 0 amide bonds. The van der Waals surface area contributed by atoms with Crippen LogP contribution in [0.15, 0.2) is 16.5 Å². The highest BCUT2D eigenvalue weighted by molar-refractivity contribution is 5.84. The number of nitrogens with one attached hydrogen (secondary N) is 1. The first kappa shape index (κ1) is 11.0. The van der Waals surface area contributed by atoms with E-state index < -0.39 is 5.97 Å². The van der Waals surface area contributed by atoms with Crippen LogP contribution in [-0.4, -0.2) is 17.6 Å². The molecule has 1 fully saturated rings. The number of carbonyl (C=O) groups is 1. The minimum Gasteiger partial charge on any atom is -0.475 e. The van der Waals surface area contributed by atoms with Crippen molar-refractivity contribution >= 4 is 11.9 Å². The van der Waals surface area contributed by atoms with Crippen molar-refractivity contribution < 1.29 is 14.3 Å². The van der Waals surface area contributed by atoms with Gasteiger partial charge in [0.2, 0.25) is 5.76 Å². The minimum absolute atomic E-state index is 0.0168. The number of hydrogen-bond donors (Lipinski definition) is 2. The van der Waals surface area contributed by atoms with Gasteiger partial charge in [-0.2, -0.15) is 0 Å². The third kappa shape index (κ3) is 2.05. The number of furan rings is 1. The van der Waals surface area contributed by atoms with Gasteiger partial charge in [0.05, 0.1) is 0 Å². The number of aromatic carboxylic acids is 1. The molecule has 0 radical (unpaired) electrons. The average Bonchev–Trinajstić information content (AvgIpc) is 2.87. The van der Waals surface area contributed by atoms with Gasteiger partial charge in [0.1, 0.15) is 0 Å². The first-order valence-corrected chi connectivity index (χ1v) is 5.60. The van der Waals surface area contributed by atoms with Gasteiger partial charge in [0, 0.05) is 12.6 Å². The zero-order chi connectivity index (χ0) is 11.8. The quantitative estimate of drug-likeness (QED) is 0.805. The molecule has 1 saturated carbocycles. The van der Waals surface area contributed by atoms with E-state index in [4.69, 9.17) is 9.52 Å². The standard InChI is InChI=1S/C12H17NO3/c1-8(2)12(5-6-12)7-13-10-4-3-9(16-10)11(14)15/h3-4,8,13H,5-7H2,1-2H3,(H,14,15). The minimum atomic E-state index is -1.03. The molecule has 0 aromatic carbocycles. The van der Waals surface area contributed by atoms with E-state index in [2.05, 4.69) is 19.2 Å². The van der Waals surface area contributed by atoms with Gasteiger partial charge in [0.25, 0.3) is 0 Å². The summed E-state index contributed by atoms with van der Waals surface area (Å²) in [6.07, 6.45) is 2.48. The van der Waals surface area contributed by atoms with Crippen molar-refractivity contribution in [2.45, 2.75) is 26.7 Å². The molecular formula is C12H17NO3. The summed E-state index contributed by atoms with van der Waals surface area (Å²) in [4.78, 5) is 10.6. The van der Waals surface area contributed by atoms with Crippen LogP contribution >= 0.6 is 0 Å². The summed E-state index contributed by atoms with van der Waals surface area (Å²) in [5, 5.41) is 11.9. The Hall–Kier alpha value is -1.45. The predicted molar refractivity (Wildman–Crippen MR) is 60.7 cm³/mol.